The van der Waals surface area contributed by atoms with Crippen molar-refractivity contribution in [1.29, 1.82) is 0 Å². The molecule has 14 heavy (non-hydrogen) atoms. The molecular weight excluding hydrogens is 248 g/mol. The summed E-state index contributed by atoms with van der Waals surface area (Å²) in [5.41, 5.74) is 0. The number of carbonyl (C=O) groups is 1. The summed E-state index contributed by atoms with van der Waals surface area (Å²) in [6, 6.07) is 0. The number of halogens is 3. The van der Waals surface area contributed by atoms with Crippen LogP contribution in [0.1, 0.15) is 20.3 Å². The molecule has 84 valence electrons. The van der Waals surface area contributed by atoms with E-state index >= 15 is 0 Å². The highest BCUT2D eigenvalue weighted by atomic mass is 35.5. The molecule has 0 spiro atoms. The van der Waals surface area contributed by atoms with Gasteiger partial charge in [0, 0.05) is 6.42 Å². The predicted molar refractivity (Wildman–Crippen MR) is 58.8 cm³/mol. The molecule has 0 radical (unpaired) electrons. The number of aliphatic hydroxyl groups is 1. The van der Waals surface area contributed by atoms with Crippen LogP contribution in [0, 0.1) is 5.92 Å². The second-order valence-corrected chi connectivity index (χ2v) is 5.27. The standard InChI is InChI=1S/C8H14Cl3NO2/c1-5(2)3-6(13)12-7(14)8(10,11)4-9/h5,7,14H,3-4H2,1-2H3,(H,12,13). The van der Waals surface area contributed by atoms with E-state index in [1.54, 1.807) is 0 Å². The van der Waals surface area contributed by atoms with Crippen molar-refractivity contribution >= 4 is 40.7 Å². The number of alkyl halides is 3. The van der Waals surface area contributed by atoms with Crippen molar-refractivity contribution in [2.45, 2.75) is 30.8 Å². The molecule has 0 fully saturated rings. The van der Waals surface area contributed by atoms with Crippen LogP contribution in [0.5, 0.6) is 0 Å². The van der Waals surface area contributed by atoms with Gasteiger partial charge in [0.1, 0.15) is 0 Å². The molecule has 3 nitrogen and oxygen atoms in total. The molecule has 0 bridgehead atoms. The summed E-state index contributed by atoms with van der Waals surface area (Å²) in [5, 5.41) is 11.7. The maximum Gasteiger partial charge on any atom is 0.222 e. The van der Waals surface area contributed by atoms with Crippen LogP contribution in [0.25, 0.3) is 0 Å². The second kappa shape index (κ2) is 6.01. The van der Waals surface area contributed by atoms with Crippen LogP contribution < -0.4 is 5.32 Å². The molecule has 0 rings (SSSR count). The first kappa shape index (κ1) is 14.3. The van der Waals surface area contributed by atoms with Gasteiger partial charge >= 0.3 is 0 Å². The number of carbonyl (C=O) groups excluding carboxylic acids is 1. The van der Waals surface area contributed by atoms with Gasteiger partial charge in [-0.2, -0.15) is 0 Å². The van der Waals surface area contributed by atoms with Crippen LogP contribution in [0.4, 0.5) is 0 Å². The van der Waals surface area contributed by atoms with Gasteiger partial charge < -0.3 is 10.4 Å². The van der Waals surface area contributed by atoms with E-state index in [2.05, 4.69) is 5.32 Å². The fourth-order valence-corrected chi connectivity index (χ4v) is 1.02. The molecule has 0 saturated heterocycles. The number of amides is 1. The normalized spacial score (nSPS) is 14.2. The van der Waals surface area contributed by atoms with Gasteiger partial charge in [0.15, 0.2) is 10.6 Å². The zero-order valence-electron chi connectivity index (χ0n) is 8.06. The van der Waals surface area contributed by atoms with Gasteiger partial charge in [0.25, 0.3) is 0 Å². The minimum absolute atomic E-state index is 0.167. The van der Waals surface area contributed by atoms with E-state index in [9.17, 15) is 9.90 Å². The molecule has 0 aromatic heterocycles. The Labute approximate surface area is 98.7 Å². The third kappa shape index (κ3) is 5.25. The number of hydrogen-bond acceptors (Lipinski definition) is 2. The lowest BCUT2D eigenvalue weighted by molar-refractivity contribution is -0.124. The monoisotopic (exact) mass is 261 g/mol. The lowest BCUT2D eigenvalue weighted by Crippen LogP contribution is -2.47. The summed E-state index contributed by atoms with van der Waals surface area (Å²) in [6.45, 7) is 3.78. The Hall–Kier alpha value is 0.300. The minimum Gasteiger partial charge on any atom is -0.370 e. The van der Waals surface area contributed by atoms with Crippen LogP contribution in [-0.4, -0.2) is 27.5 Å². The Morgan fingerprint density at radius 1 is 1.50 bits per heavy atom. The lowest BCUT2D eigenvalue weighted by atomic mass is 10.1. The Balaban J connectivity index is 4.06. The zero-order valence-corrected chi connectivity index (χ0v) is 10.3. The fraction of sp³-hybridized carbons (Fsp3) is 0.875. The molecule has 0 aromatic rings. The van der Waals surface area contributed by atoms with Crippen LogP contribution in [0.3, 0.4) is 0 Å². The fourth-order valence-electron chi connectivity index (χ4n) is 0.761. The number of rotatable bonds is 5. The Morgan fingerprint density at radius 2 is 2.00 bits per heavy atom. The Bertz CT molecular complexity index is 197. The Morgan fingerprint density at radius 3 is 2.36 bits per heavy atom. The van der Waals surface area contributed by atoms with Crippen molar-refractivity contribution in [3.05, 3.63) is 0 Å². The third-order valence-electron chi connectivity index (χ3n) is 1.47. The molecule has 2 N–H and O–H groups in total. The van der Waals surface area contributed by atoms with Gasteiger partial charge in [-0.25, -0.2) is 0 Å². The smallest absolute Gasteiger partial charge is 0.222 e. The van der Waals surface area contributed by atoms with Crippen molar-refractivity contribution in [1.82, 2.24) is 5.32 Å². The number of hydrogen-bond donors (Lipinski definition) is 2. The van der Waals surface area contributed by atoms with Crippen LogP contribution in [0.2, 0.25) is 0 Å². The highest BCUT2D eigenvalue weighted by molar-refractivity contribution is 6.52. The predicted octanol–water partition coefficient (Wildman–Crippen LogP) is 1.88. The highest BCUT2D eigenvalue weighted by Crippen LogP contribution is 2.25. The van der Waals surface area contributed by atoms with Crippen molar-refractivity contribution in [3.8, 4) is 0 Å². The third-order valence-corrected chi connectivity index (χ3v) is 2.85. The van der Waals surface area contributed by atoms with Gasteiger partial charge in [0.05, 0.1) is 5.88 Å². The SMILES string of the molecule is CC(C)CC(=O)NC(O)C(Cl)(Cl)CCl. The average molecular weight is 263 g/mol. The molecule has 1 atom stereocenters. The summed E-state index contributed by atoms with van der Waals surface area (Å²) < 4.78 is -1.55. The zero-order chi connectivity index (χ0) is 11.4. The molecule has 0 saturated carbocycles. The van der Waals surface area contributed by atoms with E-state index in [0.717, 1.165) is 0 Å². The van der Waals surface area contributed by atoms with Gasteiger partial charge in [0.2, 0.25) is 5.91 Å². The minimum atomic E-state index is -1.55. The summed E-state index contributed by atoms with van der Waals surface area (Å²) in [4.78, 5) is 11.2. The summed E-state index contributed by atoms with van der Waals surface area (Å²) in [5.74, 6) is -0.263. The van der Waals surface area contributed by atoms with Gasteiger partial charge in [-0.05, 0) is 5.92 Å². The first-order chi connectivity index (χ1) is 6.29. The molecule has 0 aliphatic rings. The van der Waals surface area contributed by atoms with Crippen LogP contribution in [0.15, 0.2) is 0 Å². The average Bonchev–Trinajstić information content (AvgIpc) is 2.02. The first-order valence-corrected chi connectivity index (χ1v) is 5.50. The van der Waals surface area contributed by atoms with E-state index < -0.39 is 10.6 Å². The van der Waals surface area contributed by atoms with E-state index in [1.807, 2.05) is 13.8 Å². The highest BCUT2D eigenvalue weighted by Gasteiger charge is 2.33. The van der Waals surface area contributed by atoms with Crippen molar-refractivity contribution in [3.63, 3.8) is 0 Å². The summed E-state index contributed by atoms with van der Waals surface area (Å²) in [6.07, 6.45) is -1.04. The summed E-state index contributed by atoms with van der Waals surface area (Å²) >= 11 is 16.6. The molecule has 1 amide bonds. The van der Waals surface area contributed by atoms with E-state index in [1.165, 1.54) is 0 Å². The van der Waals surface area contributed by atoms with Crippen LogP contribution in [-0.2, 0) is 4.79 Å². The Kier molecular flexibility index (Phi) is 6.14. The van der Waals surface area contributed by atoms with Gasteiger partial charge in [-0.15, -0.1) is 11.6 Å². The molecule has 0 aromatic carbocycles. The topological polar surface area (TPSA) is 49.3 Å². The first-order valence-electron chi connectivity index (χ1n) is 4.20. The van der Waals surface area contributed by atoms with E-state index in [4.69, 9.17) is 34.8 Å². The molecular formula is C8H14Cl3NO2. The molecule has 0 heterocycles. The number of nitrogens with one attached hydrogen (secondary N) is 1. The molecule has 6 heteroatoms. The maximum absolute atomic E-state index is 11.2. The van der Waals surface area contributed by atoms with E-state index in [0.29, 0.717) is 6.42 Å². The largest absolute Gasteiger partial charge is 0.370 e. The van der Waals surface area contributed by atoms with Crippen molar-refractivity contribution < 1.29 is 9.90 Å². The quantitative estimate of drug-likeness (QED) is 0.587. The summed E-state index contributed by atoms with van der Waals surface area (Å²) in [7, 11) is 0. The lowest BCUT2D eigenvalue weighted by Gasteiger charge is -2.24. The molecule has 0 aliphatic heterocycles. The maximum atomic E-state index is 11.2. The molecule has 1 unspecified atom stereocenters. The van der Waals surface area contributed by atoms with Crippen LogP contribution >= 0.6 is 34.8 Å². The molecule has 0 aliphatic carbocycles. The van der Waals surface area contributed by atoms with Gasteiger partial charge in [-0.1, -0.05) is 37.0 Å². The van der Waals surface area contributed by atoms with Crippen molar-refractivity contribution in [2.75, 3.05) is 5.88 Å². The second-order valence-electron chi connectivity index (χ2n) is 3.46. The van der Waals surface area contributed by atoms with Gasteiger partial charge in [-0.3, -0.25) is 4.79 Å². The van der Waals surface area contributed by atoms with E-state index in [-0.39, 0.29) is 17.7 Å². The van der Waals surface area contributed by atoms with Crippen molar-refractivity contribution in [2.24, 2.45) is 5.92 Å². The number of aliphatic hydroxyl groups excluding tert-OH is 1.